The van der Waals surface area contributed by atoms with Gasteiger partial charge in [-0.15, -0.1) is 0 Å². The Morgan fingerprint density at radius 2 is 2.00 bits per heavy atom. The Morgan fingerprint density at radius 1 is 1.23 bits per heavy atom. The van der Waals surface area contributed by atoms with E-state index in [1.807, 2.05) is 48.3 Å². The van der Waals surface area contributed by atoms with Crippen molar-refractivity contribution in [1.29, 1.82) is 0 Å². The van der Waals surface area contributed by atoms with Crippen molar-refractivity contribution in [3.05, 3.63) is 82.8 Å². The molecule has 2 aromatic carbocycles. The number of carbonyl (C=O) groups excluding carboxylic acids is 2. The van der Waals surface area contributed by atoms with E-state index in [1.54, 1.807) is 25.3 Å². The molecular weight excluding hydrogens is 416 g/mol. The minimum Gasteiger partial charge on any atom is -0.497 e. The molecule has 1 saturated heterocycles. The number of nitrogens with one attached hydrogen (secondary N) is 1. The lowest BCUT2D eigenvalue weighted by atomic mass is 9.71. The second-order valence-corrected chi connectivity index (χ2v) is 8.43. The predicted molar refractivity (Wildman–Crippen MR) is 117 cm³/mol. The summed E-state index contributed by atoms with van der Waals surface area (Å²) in [7, 11) is 3.46. The number of methoxy groups -OCH3 is 1. The van der Waals surface area contributed by atoms with E-state index in [4.69, 9.17) is 20.8 Å². The van der Waals surface area contributed by atoms with E-state index in [-0.39, 0.29) is 23.4 Å². The van der Waals surface area contributed by atoms with Gasteiger partial charge in [0.2, 0.25) is 11.7 Å². The van der Waals surface area contributed by atoms with Crippen LogP contribution in [0.5, 0.6) is 5.75 Å². The van der Waals surface area contributed by atoms with Gasteiger partial charge in [0.05, 0.1) is 19.3 Å². The molecule has 2 aliphatic heterocycles. The highest BCUT2D eigenvalue weighted by Crippen LogP contribution is 2.56. The summed E-state index contributed by atoms with van der Waals surface area (Å²) >= 11 is 6.10. The first-order valence-electron chi connectivity index (χ1n) is 10.0. The maximum absolute atomic E-state index is 13.8. The van der Waals surface area contributed by atoms with Gasteiger partial charge in [0, 0.05) is 28.7 Å². The SMILES string of the molecule is COc1ccc2c(c1)[C@]1(C(=O)N2)C(C(=O)c2ccco2)[C@@H](c2ccc(Cl)cc2)CN1C. The second-order valence-electron chi connectivity index (χ2n) is 7.99. The fourth-order valence-corrected chi connectivity index (χ4v) is 5.25. The number of rotatable bonds is 4. The number of Topliss-reactive ketones (excluding diaryl/α,β-unsaturated/α-hetero) is 1. The lowest BCUT2D eigenvalue weighted by molar-refractivity contribution is -0.126. The van der Waals surface area contributed by atoms with Gasteiger partial charge < -0.3 is 14.5 Å². The molecule has 0 bridgehead atoms. The van der Waals surface area contributed by atoms with Crippen LogP contribution in [-0.2, 0) is 10.3 Å². The third-order valence-corrected chi connectivity index (χ3v) is 6.75. The smallest absolute Gasteiger partial charge is 0.250 e. The van der Waals surface area contributed by atoms with Gasteiger partial charge in [-0.3, -0.25) is 14.5 Å². The van der Waals surface area contributed by atoms with Crippen molar-refractivity contribution in [2.24, 2.45) is 5.92 Å². The van der Waals surface area contributed by atoms with Crippen molar-refractivity contribution in [2.75, 3.05) is 26.0 Å². The van der Waals surface area contributed by atoms with E-state index in [0.717, 1.165) is 11.1 Å². The Labute approximate surface area is 184 Å². The molecule has 1 fully saturated rings. The normalized spacial score (nSPS) is 24.9. The number of nitrogens with zero attached hydrogens (tertiary/aromatic N) is 1. The molecule has 158 valence electrons. The van der Waals surface area contributed by atoms with E-state index < -0.39 is 11.5 Å². The Balaban J connectivity index is 1.73. The van der Waals surface area contributed by atoms with Crippen molar-refractivity contribution in [2.45, 2.75) is 11.5 Å². The Kier molecular flexibility index (Phi) is 4.64. The number of hydrogen-bond acceptors (Lipinski definition) is 5. The van der Waals surface area contributed by atoms with E-state index in [1.165, 1.54) is 6.26 Å². The largest absolute Gasteiger partial charge is 0.497 e. The monoisotopic (exact) mass is 436 g/mol. The van der Waals surface area contributed by atoms with Gasteiger partial charge >= 0.3 is 0 Å². The molecule has 3 atom stereocenters. The molecule has 3 heterocycles. The molecule has 6 nitrogen and oxygen atoms in total. The molecule has 0 radical (unpaired) electrons. The molecule has 1 spiro atoms. The first kappa shape index (κ1) is 19.8. The van der Waals surface area contributed by atoms with Crippen molar-refractivity contribution in [3.63, 3.8) is 0 Å². The standard InChI is InChI=1S/C24H21ClN2O4/c1-27-13-17(14-5-7-15(25)8-6-14)21(22(28)20-4-3-11-31-20)24(27)18-12-16(30-2)9-10-19(18)26-23(24)29/h3-12,17,21H,13H2,1-2H3,(H,26,29)/t17-,21?,24-/m1/s1. The van der Waals surface area contributed by atoms with Crippen molar-refractivity contribution in [3.8, 4) is 5.75 Å². The van der Waals surface area contributed by atoms with Gasteiger partial charge in [-0.1, -0.05) is 23.7 Å². The molecule has 1 unspecified atom stereocenters. The van der Waals surface area contributed by atoms with Gasteiger partial charge in [0.25, 0.3) is 0 Å². The molecule has 31 heavy (non-hydrogen) atoms. The Bertz CT molecular complexity index is 1160. The number of likely N-dealkylation sites (tertiary alicyclic amines) is 1. The summed E-state index contributed by atoms with van der Waals surface area (Å²) in [4.78, 5) is 29.4. The number of hydrogen-bond donors (Lipinski definition) is 1. The number of furan rings is 1. The Morgan fingerprint density at radius 3 is 2.68 bits per heavy atom. The van der Waals surface area contributed by atoms with Crippen LogP contribution in [-0.4, -0.2) is 37.3 Å². The fourth-order valence-electron chi connectivity index (χ4n) is 5.13. The van der Waals surface area contributed by atoms with Gasteiger partial charge in [-0.25, -0.2) is 0 Å². The highest BCUT2D eigenvalue weighted by atomic mass is 35.5. The van der Waals surface area contributed by atoms with Crippen LogP contribution in [0, 0.1) is 5.92 Å². The summed E-state index contributed by atoms with van der Waals surface area (Å²) in [5.74, 6) is -0.495. The summed E-state index contributed by atoms with van der Waals surface area (Å²) in [5, 5.41) is 3.60. The Hall–Kier alpha value is -3.09. The molecule has 5 rings (SSSR count). The van der Waals surface area contributed by atoms with Crippen LogP contribution in [0.4, 0.5) is 5.69 Å². The molecule has 1 amide bonds. The lowest BCUT2D eigenvalue weighted by Crippen LogP contribution is -2.51. The summed E-state index contributed by atoms with van der Waals surface area (Å²) < 4.78 is 10.9. The zero-order valence-electron chi connectivity index (χ0n) is 17.1. The zero-order chi connectivity index (χ0) is 21.8. The van der Waals surface area contributed by atoms with Crippen LogP contribution in [0.15, 0.2) is 65.3 Å². The number of fused-ring (bicyclic) bond motifs is 2. The number of ketones is 1. The minimum atomic E-state index is -1.18. The first-order valence-corrected chi connectivity index (χ1v) is 10.4. The summed E-state index contributed by atoms with van der Waals surface area (Å²) in [5.41, 5.74) is 1.19. The third-order valence-electron chi connectivity index (χ3n) is 6.50. The van der Waals surface area contributed by atoms with Crippen LogP contribution >= 0.6 is 11.6 Å². The number of anilines is 1. The summed E-state index contributed by atoms with van der Waals surface area (Å²) in [6.45, 7) is 0.517. The highest BCUT2D eigenvalue weighted by Gasteiger charge is 2.64. The molecule has 2 aliphatic rings. The van der Waals surface area contributed by atoms with E-state index >= 15 is 0 Å². The van der Waals surface area contributed by atoms with Crippen LogP contribution in [0.3, 0.4) is 0 Å². The number of carbonyl (C=O) groups is 2. The molecule has 1 N–H and O–H groups in total. The lowest BCUT2D eigenvalue weighted by Gasteiger charge is -2.35. The van der Waals surface area contributed by atoms with E-state index in [0.29, 0.717) is 23.0 Å². The summed E-state index contributed by atoms with van der Waals surface area (Å²) in [6, 6.07) is 16.2. The van der Waals surface area contributed by atoms with Crippen LogP contribution < -0.4 is 10.1 Å². The van der Waals surface area contributed by atoms with E-state index in [2.05, 4.69) is 5.32 Å². The van der Waals surface area contributed by atoms with Gasteiger partial charge in [-0.05, 0) is 55.1 Å². The zero-order valence-corrected chi connectivity index (χ0v) is 17.8. The van der Waals surface area contributed by atoms with Crippen molar-refractivity contribution < 1.29 is 18.7 Å². The van der Waals surface area contributed by atoms with Crippen LogP contribution in [0.1, 0.15) is 27.6 Å². The molecule has 7 heteroatoms. The number of halogens is 1. The molecule has 0 saturated carbocycles. The van der Waals surface area contributed by atoms with Crippen molar-refractivity contribution >= 4 is 29.0 Å². The second kappa shape index (κ2) is 7.25. The summed E-state index contributed by atoms with van der Waals surface area (Å²) in [6.07, 6.45) is 1.47. The van der Waals surface area contributed by atoms with Gasteiger partial charge in [-0.2, -0.15) is 0 Å². The number of amides is 1. The molecule has 0 aliphatic carbocycles. The number of benzene rings is 2. The maximum Gasteiger partial charge on any atom is 0.250 e. The fraction of sp³-hybridized carbons (Fsp3) is 0.250. The maximum atomic E-state index is 13.8. The van der Waals surface area contributed by atoms with Crippen molar-refractivity contribution in [1.82, 2.24) is 4.90 Å². The average molecular weight is 437 g/mol. The van der Waals surface area contributed by atoms with Crippen LogP contribution in [0.25, 0.3) is 0 Å². The minimum absolute atomic E-state index is 0.208. The van der Waals surface area contributed by atoms with Crippen LogP contribution in [0.2, 0.25) is 5.02 Å². The van der Waals surface area contributed by atoms with Gasteiger partial charge in [0.15, 0.2) is 5.76 Å². The molecular formula is C24H21ClN2O4. The van der Waals surface area contributed by atoms with E-state index in [9.17, 15) is 9.59 Å². The predicted octanol–water partition coefficient (Wildman–Crippen LogP) is 4.32. The quantitative estimate of drug-likeness (QED) is 0.617. The number of ether oxygens (including phenoxy) is 1. The topological polar surface area (TPSA) is 71.8 Å². The molecule has 1 aromatic heterocycles. The van der Waals surface area contributed by atoms with Gasteiger partial charge in [0.1, 0.15) is 11.3 Å². The first-order chi connectivity index (χ1) is 15.0. The average Bonchev–Trinajstić information content (AvgIpc) is 3.47. The molecule has 3 aromatic rings. The highest BCUT2D eigenvalue weighted by molar-refractivity contribution is 6.30. The number of likely N-dealkylation sites (N-methyl/N-ethyl adjacent to an activating group) is 1. The third kappa shape index (κ3) is 2.82.